The summed E-state index contributed by atoms with van der Waals surface area (Å²) >= 11 is 0. The summed E-state index contributed by atoms with van der Waals surface area (Å²) < 4.78 is 22.2. The molecule has 5 aliphatic heterocycles. The Balaban J connectivity index is 0.738. The van der Waals surface area contributed by atoms with Gasteiger partial charge < -0.3 is 40.0 Å². The number of imide groups is 2. The van der Waals surface area contributed by atoms with E-state index in [1.165, 1.54) is 7.11 Å². The molecule has 0 bridgehead atoms. The summed E-state index contributed by atoms with van der Waals surface area (Å²) in [5.74, 6) is -0.835. The van der Waals surface area contributed by atoms with Gasteiger partial charge in [-0.15, -0.1) is 0 Å². The number of ether oxygens (including phenoxy) is 1. The fourth-order valence-corrected chi connectivity index (χ4v) is 11.2. The Morgan fingerprint density at radius 1 is 0.901 bits per heavy atom. The lowest BCUT2D eigenvalue weighted by Gasteiger charge is -2.42. The van der Waals surface area contributed by atoms with Gasteiger partial charge >= 0.3 is 6.03 Å². The Labute approximate surface area is 411 Å². The lowest BCUT2D eigenvalue weighted by atomic mass is 10.0. The maximum absolute atomic E-state index is 14.7. The fourth-order valence-electron chi connectivity index (χ4n) is 11.2. The molecule has 1 aliphatic carbocycles. The normalized spacial score (nSPS) is 23.1. The molecule has 3 aromatic heterocycles. The molecule has 4 saturated heterocycles. The number of alkyl halides is 1. The summed E-state index contributed by atoms with van der Waals surface area (Å²) in [4.78, 5) is 102. The first-order valence-electron chi connectivity index (χ1n) is 25.2. The van der Waals surface area contributed by atoms with Crippen LogP contribution in [0, 0.1) is 0 Å². The summed E-state index contributed by atoms with van der Waals surface area (Å²) in [5, 5.41) is 13.1. The SMILES string of the molecule is CCCC(Nc1cccc2c1C(=O)N(C1CCC(=O)NC1=O)C2=O)N1CCN(C(=O)N2CCC(NC(=O)c3cn(C4CCCC4)c4cc(Nc5ccnc(N6CC[C@H](OC)[C@H](F)C6)n5)ncc34)CC2)CC1. The summed E-state index contributed by atoms with van der Waals surface area (Å²) in [5.41, 5.74) is 2.41. The van der Waals surface area contributed by atoms with Crippen LogP contribution in [0.3, 0.4) is 0 Å². The van der Waals surface area contributed by atoms with Crippen molar-refractivity contribution in [1.29, 1.82) is 0 Å². The number of aromatic nitrogens is 4. The van der Waals surface area contributed by atoms with Crippen molar-refractivity contribution in [2.45, 2.75) is 114 Å². The molecule has 4 aromatic rings. The molecule has 10 rings (SSSR count). The third kappa shape index (κ3) is 9.72. The first kappa shape index (κ1) is 47.9. The lowest BCUT2D eigenvalue weighted by molar-refractivity contribution is -0.136. The molecule has 20 nitrogen and oxygen atoms in total. The maximum atomic E-state index is 14.7. The molecular weight excluding hydrogens is 914 g/mol. The predicted molar refractivity (Wildman–Crippen MR) is 261 cm³/mol. The summed E-state index contributed by atoms with van der Waals surface area (Å²) in [6, 6.07) is 7.85. The topological polar surface area (TPSA) is 220 Å². The fraction of sp³-hybridized carbons (Fsp3) is 0.540. The van der Waals surface area contributed by atoms with Crippen molar-refractivity contribution in [3.05, 3.63) is 65.6 Å². The molecule has 2 unspecified atom stereocenters. The number of benzene rings is 1. The van der Waals surface area contributed by atoms with E-state index in [-0.39, 0.29) is 60.7 Å². The summed E-state index contributed by atoms with van der Waals surface area (Å²) in [7, 11) is 1.53. The number of piperidine rings is 3. The highest BCUT2D eigenvalue weighted by Gasteiger charge is 2.46. The van der Waals surface area contributed by atoms with Crippen LogP contribution in [0.1, 0.15) is 115 Å². The van der Waals surface area contributed by atoms with Crippen molar-refractivity contribution >= 4 is 69.7 Å². The summed E-state index contributed by atoms with van der Waals surface area (Å²) in [6.45, 7) is 6.04. The van der Waals surface area contributed by atoms with Crippen molar-refractivity contribution in [2.24, 2.45) is 0 Å². The van der Waals surface area contributed by atoms with Gasteiger partial charge in [-0.2, -0.15) is 4.98 Å². The molecule has 6 aliphatic rings. The Bertz CT molecular complexity index is 2700. The second-order valence-corrected chi connectivity index (χ2v) is 19.5. The Morgan fingerprint density at radius 3 is 2.41 bits per heavy atom. The van der Waals surface area contributed by atoms with Gasteiger partial charge in [0.1, 0.15) is 23.8 Å². The first-order chi connectivity index (χ1) is 34.5. The number of anilines is 4. The molecule has 7 amide bonds. The van der Waals surface area contributed by atoms with Gasteiger partial charge in [-0.3, -0.25) is 39.1 Å². The number of methoxy groups -OCH3 is 1. The van der Waals surface area contributed by atoms with Gasteiger partial charge in [0.05, 0.1) is 41.0 Å². The van der Waals surface area contributed by atoms with Crippen LogP contribution in [0.2, 0.25) is 0 Å². The van der Waals surface area contributed by atoms with Gasteiger partial charge in [-0.1, -0.05) is 32.3 Å². The van der Waals surface area contributed by atoms with E-state index in [1.54, 1.807) is 36.7 Å². The Hall–Kier alpha value is -6.74. The number of pyridine rings is 1. The summed E-state index contributed by atoms with van der Waals surface area (Å²) in [6.07, 6.45) is 11.4. The van der Waals surface area contributed by atoms with Crippen LogP contribution in [-0.4, -0.2) is 165 Å². The highest BCUT2D eigenvalue weighted by molar-refractivity contribution is 6.25. The molecule has 21 heteroatoms. The third-order valence-corrected chi connectivity index (χ3v) is 15.1. The smallest absolute Gasteiger partial charge is 0.320 e. The average molecular weight is 976 g/mol. The number of halogens is 1. The van der Waals surface area contributed by atoms with Gasteiger partial charge in [0, 0.05) is 107 Å². The molecule has 0 spiro atoms. The zero-order valence-corrected chi connectivity index (χ0v) is 40.3. The number of hydrogen-bond donors (Lipinski definition) is 4. The zero-order chi connectivity index (χ0) is 49.3. The van der Waals surface area contributed by atoms with Gasteiger partial charge in [-0.25, -0.2) is 19.2 Å². The molecule has 376 valence electrons. The first-order valence-corrected chi connectivity index (χ1v) is 25.2. The number of rotatable bonds is 13. The highest BCUT2D eigenvalue weighted by Crippen LogP contribution is 2.37. The van der Waals surface area contributed by atoms with Crippen LogP contribution in [0.15, 0.2) is 48.9 Å². The van der Waals surface area contributed by atoms with Crippen molar-refractivity contribution in [3.63, 3.8) is 0 Å². The van der Waals surface area contributed by atoms with E-state index in [1.807, 2.05) is 27.0 Å². The van der Waals surface area contributed by atoms with Gasteiger partial charge in [-0.05, 0) is 63.1 Å². The van der Waals surface area contributed by atoms with Crippen LogP contribution in [0.4, 0.5) is 32.5 Å². The number of nitrogens with one attached hydrogen (secondary N) is 4. The average Bonchev–Trinajstić information content (AvgIpc) is 4.11. The quantitative estimate of drug-likeness (QED) is 0.132. The number of carbonyl (C=O) groups is 6. The number of hydrogen-bond acceptors (Lipinski definition) is 14. The monoisotopic (exact) mass is 975 g/mol. The zero-order valence-electron chi connectivity index (χ0n) is 40.3. The van der Waals surface area contributed by atoms with Crippen molar-refractivity contribution in [3.8, 4) is 0 Å². The molecule has 8 heterocycles. The maximum Gasteiger partial charge on any atom is 0.320 e. The lowest BCUT2D eigenvalue weighted by Crippen LogP contribution is -2.57. The van der Waals surface area contributed by atoms with E-state index in [2.05, 4.69) is 47.6 Å². The molecular formula is C50H62FN13O7. The van der Waals surface area contributed by atoms with Crippen molar-refractivity contribution in [2.75, 3.05) is 75.0 Å². The number of urea groups is 1. The molecule has 0 radical (unpaired) electrons. The number of piperazine rings is 1. The molecule has 5 fully saturated rings. The van der Waals surface area contributed by atoms with Crippen molar-refractivity contribution < 1.29 is 37.9 Å². The van der Waals surface area contributed by atoms with E-state index >= 15 is 0 Å². The minimum Gasteiger partial charge on any atom is -0.378 e. The predicted octanol–water partition coefficient (Wildman–Crippen LogP) is 4.82. The van der Waals surface area contributed by atoms with E-state index in [9.17, 15) is 33.2 Å². The molecule has 4 atom stereocenters. The van der Waals surface area contributed by atoms with Crippen molar-refractivity contribution in [1.82, 2.24) is 49.8 Å². The molecule has 1 aromatic carbocycles. The Morgan fingerprint density at radius 2 is 1.68 bits per heavy atom. The minimum absolute atomic E-state index is 0.0265. The number of fused-ring (bicyclic) bond motifs is 2. The Kier molecular flexibility index (Phi) is 13.9. The van der Waals surface area contributed by atoms with E-state index < -0.39 is 41.9 Å². The van der Waals surface area contributed by atoms with Gasteiger partial charge in [0.15, 0.2) is 0 Å². The minimum atomic E-state index is -1.14. The van der Waals surface area contributed by atoms with Crippen LogP contribution in [0.25, 0.3) is 10.9 Å². The highest BCUT2D eigenvalue weighted by atomic mass is 19.1. The van der Waals surface area contributed by atoms with Gasteiger partial charge in [0.25, 0.3) is 17.7 Å². The van der Waals surface area contributed by atoms with E-state index in [4.69, 9.17) is 9.72 Å². The van der Waals surface area contributed by atoms with E-state index in [0.717, 1.165) is 54.3 Å². The largest absolute Gasteiger partial charge is 0.378 e. The number of amides is 7. The number of likely N-dealkylation sites (tertiary alicyclic amines) is 1. The second kappa shape index (κ2) is 20.5. The molecule has 1 saturated carbocycles. The van der Waals surface area contributed by atoms with E-state index in [0.29, 0.717) is 93.9 Å². The number of nitrogens with zero attached hydrogens (tertiary/aromatic N) is 9. The number of carbonyl (C=O) groups excluding carboxylic acids is 6. The molecule has 71 heavy (non-hydrogen) atoms. The third-order valence-electron chi connectivity index (χ3n) is 15.1. The van der Waals surface area contributed by atoms with Crippen LogP contribution < -0.4 is 26.2 Å². The van der Waals surface area contributed by atoms with Crippen LogP contribution in [-0.2, 0) is 14.3 Å². The molecule has 4 N–H and O–H groups in total. The van der Waals surface area contributed by atoms with Gasteiger partial charge in [0.2, 0.25) is 17.8 Å². The van der Waals surface area contributed by atoms with Crippen LogP contribution in [0.5, 0.6) is 0 Å². The van der Waals surface area contributed by atoms with Crippen LogP contribution >= 0.6 is 0 Å². The standard InChI is InChI=1S/C50H62FN13O7/c1-3-7-42(55-36-11-6-10-32-44(36)48(69)64(47(32)68)37-12-13-43(65)58-46(37)67)59-22-24-61(25-23-59)50(70)60-19-15-30(16-20-60)54-45(66)34-28-63(31-8-4-5-9-31)38-26-41(53-27-33(34)38)56-40-14-18-52-49(57-40)62-21-17-39(71-2)35(51)29-62/h6,10-11,14,18,26-28,30-31,35,37,39,42,55H,3-5,7-9,12-13,15-17,19-25,29H2,1-2H3,(H,54,66)(H,58,65,67)(H,52,53,56,57)/t35-,37?,39+,42?/m1/s1. The second-order valence-electron chi connectivity index (χ2n) is 19.5.